The first-order valence-electron chi connectivity index (χ1n) is 6.87. The van der Waals surface area contributed by atoms with Crippen LogP contribution in [0.15, 0.2) is 24.3 Å². The van der Waals surface area contributed by atoms with Crippen LogP contribution in [-0.2, 0) is 4.79 Å². The second-order valence-electron chi connectivity index (χ2n) is 5.47. The van der Waals surface area contributed by atoms with Crippen molar-refractivity contribution in [1.29, 1.82) is 0 Å². The van der Waals surface area contributed by atoms with Gasteiger partial charge in [-0.3, -0.25) is 4.79 Å². The Morgan fingerprint density at radius 1 is 1.24 bits per heavy atom. The maximum Gasteiger partial charge on any atom is 0.241 e. The lowest BCUT2D eigenvalue weighted by atomic mass is 10.0. The lowest BCUT2D eigenvalue weighted by Gasteiger charge is -2.30. The van der Waals surface area contributed by atoms with Crippen LogP contribution in [0.5, 0.6) is 0 Å². The summed E-state index contributed by atoms with van der Waals surface area (Å²) in [5, 5.41) is 3.06. The molecule has 0 radical (unpaired) electrons. The minimum absolute atomic E-state index is 0. The van der Waals surface area contributed by atoms with Crippen LogP contribution in [0.3, 0.4) is 0 Å². The van der Waals surface area contributed by atoms with E-state index in [1.54, 1.807) is 0 Å². The average molecular weight is 334 g/mol. The topological polar surface area (TPSA) is 58.4 Å². The van der Waals surface area contributed by atoms with E-state index in [0.717, 1.165) is 31.5 Å². The zero-order valence-corrected chi connectivity index (χ0v) is 14.2. The molecule has 21 heavy (non-hydrogen) atoms. The summed E-state index contributed by atoms with van der Waals surface area (Å²) < 4.78 is 0. The Morgan fingerprint density at radius 2 is 1.76 bits per heavy atom. The van der Waals surface area contributed by atoms with E-state index in [4.69, 9.17) is 5.73 Å². The summed E-state index contributed by atoms with van der Waals surface area (Å²) in [5.41, 5.74) is 8.05. The summed E-state index contributed by atoms with van der Waals surface area (Å²) >= 11 is 0. The standard InChI is InChI=1S/C15H23N3O.2ClH/c1-11-3-5-12(6-4-11)14(16)15(19)17-13-7-9-18(2)10-8-13;;/h3-6,13-14H,7-10,16H2,1-2H3,(H,17,19);2*1H. The fourth-order valence-corrected chi connectivity index (χ4v) is 2.37. The van der Waals surface area contributed by atoms with E-state index in [1.165, 1.54) is 5.56 Å². The first-order valence-corrected chi connectivity index (χ1v) is 6.87. The van der Waals surface area contributed by atoms with Crippen molar-refractivity contribution in [2.45, 2.75) is 31.8 Å². The van der Waals surface area contributed by atoms with Gasteiger partial charge in [0.05, 0.1) is 0 Å². The molecule has 0 saturated carbocycles. The highest BCUT2D eigenvalue weighted by Crippen LogP contribution is 2.14. The molecule has 1 saturated heterocycles. The van der Waals surface area contributed by atoms with E-state index in [9.17, 15) is 4.79 Å². The minimum atomic E-state index is -0.569. The number of halogens is 2. The van der Waals surface area contributed by atoms with E-state index in [-0.39, 0.29) is 36.8 Å². The molecule has 1 aromatic carbocycles. The summed E-state index contributed by atoms with van der Waals surface area (Å²) in [6.07, 6.45) is 2.01. The first-order chi connectivity index (χ1) is 9.06. The zero-order chi connectivity index (χ0) is 13.8. The van der Waals surface area contributed by atoms with E-state index >= 15 is 0 Å². The van der Waals surface area contributed by atoms with Crippen LogP contribution >= 0.6 is 24.8 Å². The molecular weight excluding hydrogens is 309 g/mol. The van der Waals surface area contributed by atoms with Gasteiger partial charge < -0.3 is 16.0 Å². The van der Waals surface area contributed by atoms with Gasteiger partial charge in [-0.15, -0.1) is 24.8 Å². The number of carbonyl (C=O) groups is 1. The maximum absolute atomic E-state index is 12.1. The Morgan fingerprint density at radius 3 is 2.29 bits per heavy atom. The molecule has 120 valence electrons. The molecule has 1 atom stereocenters. The van der Waals surface area contributed by atoms with Gasteiger partial charge in [0.1, 0.15) is 6.04 Å². The minimum Gasteiger partial charge on any atom is -0.352 e. The number of nitrogens with one attached hydrogen (secondary N) is 1. The molecule has 1 amide bonds. The van der Waals surface area contributed by atoms with Crippen LogP contribution < -0.4 is 11.1 Å². The van der Waals surface area contributed by atoms with Crippen LogP contribution in [0.25, 0.3) is 0 Å². The number of benzene rings is 1. The summed E-state index contributed by atoms with van der Waals surface area (Å²) in [7, 11) is 2.11. The van der Waals surface area contributed by atoms with Gasteiger partial charge >= 0.3 is 0 Å². The molecule has 1 aliphatic rings. The molecular formula is C15H25Cl2N3O. The molecule has 0 bridgehead atoms. The van der Waals surface area contributed by atoms with Crippen LogP contribution in [0.4, 0.5) is 0 Å². The maximum atomic E-state index is 12.1. The predicted octanol–water partition coefficient (Wildman–Crippen LogP) is 2.05. The van der Waals surface area contributed by atoms with E-state index < -0.39 is 6.04 Å². The van der Waals surface area contributed by atoms with Crippen molar-refractivity contribution in [1.82, 2.24) is 10.2 Å². The van der Waals surface area contributed by atoms with Crippen molar-refractivity contribution in [2.75, 3.05) is 20.1 Å². The van der Waals surface area contributed by atoms with Crippen LogP contribution in [-0.4, -0.2) is 37.0 Å². The summed E-state index contributed by atoms with van der Waals surface area (Å²) in [6, 6.07) is 7.51. The SMILES string of the molecule is Cc1ccc(C(N)C(=O)NC2CCN(C)CC2)cc1.Cl.Cl. The van der Waals surface area contributed by atoms with Crippen LogP contribution in [0.1, 0.15) is 30.0 Å². The van der Waals surface area contributed by atoms with E-state index in [0.29, 0.717) is 0 Å². The quantitative estimate of drug-likeness (QED) is 0.889. The summed E-state index contributed by atoms with van der Waals surface area (Å²) in [6.45, 7) is 4.09. The Labute approximate surface area is 139 Å². The molecule has 4 nitrogen and oxygen atoms in total. The van der Waals surface area contributed by atoms with Crippen molar-refractivity contribution in [3.8, 4) is 0 Å². The highest BCUT2D eigenvalue weighted by atomic mass is 35.5. The Hall–Kier alpha value is -0.810. The van der Waals surface area contributed by atoms with Crippen LogP contribution in [0.2, 0.25) is 0 Å². The molecule has 1 aliphatic heterocycles. The predicted molar refractivity (Wildman–Crippen MR) is 91.3 cm³/mol. The van der Waals surface area contributed by atoms with Crippen molar-refractivity contribution >= 4 is 30.7 Å². The number of rotatable bonds is 3. The monoisotopic (exact) mass is 333 g/mol. The van der Waals surface area contributed by atoms with Crippen molar-refractivity contribution < 1.29 is 4.79 Å². The number of likely N-dealkylation sites (tertiary alicyclic amines) is 1. The van der Waals surface area contributed by atoms with Gasteiger partial charge in [0.15, 0.2) is 0 Å². The summed E-state index contributed by atoms with van der Waals surface area (Å²) in [4.78, 5) is 14.4. The lowest BCUT2D eigenvalue weighted by Crippen LogP contribution is -2.46. The van der Waals surface area contributed by atoms with E-state index in [2.05, 4.69) is 17.3 Å². The Balaban J connectivity index is 0.00000200. The second kappa shape index (κ2) is 9.26. The molecule has 1 fully saturated rings. The number of hydrogen-bond donors (Lipinski definition) is 2. The van der Waals surface area contributed by atoms with Gasteiger partial charge in [0.25, 0.3) is 0 Å². The molecule has 1 heterocycles. The molecule has 1 unspecified atom stereocenters. The fraction of sp³-hybridized carbons (Fsp3) is 0.533. The van der Waals surface area contributed by atoms with Gasteiger partial charge in [0.2, 0.25) is 5.91 Å². The third kappa shape index (κ3) is 5.83. The molecule has 0 spiro atoms. The number of amides is 1. The second-order valence-corrected chi connectivity index (χ2v) is 5.47. The highest BCUT2D eigenvalue weighted by Gasteiger charge is 2.22. The third-order valence-corrected chi connectivity index (χ3v) is 3.78. The molecule has 6 heteroatoms. The molecule has 1 aromatic rings. The number of aryl methyl sites for hydroxylation is 1. The number of piperidine rings is 1. The normalized spacial score (nSPS) is 17.3. The van der Waals surface area contributed by atoms with Crippen molar-refractivity contribution in [3.63, 3.8) is 0 Å². The van der Waals surface area contributed by atoms with E-state index in [1.807, 2.05) is 31.2 Å². The number of carbonyl (C=O) groups excluding carboxylic acids is 1. The van der Waals surface area contributed by atoms with Gasteiger partial charge in [-0.25, -0.2) is 0 Å². The average Bonchev–Trinajstić information content (AvgIpc) is 2.41. The Bertz CT molecular complexity index is 431. The number of nitrogens with zero attached hydrogens (tertiary/aromatic N) is 1. The van der Waals surface area contributed by atoms with Crippen LogP contribution in [0, 0.1) is 6.92 Å². The third-order valence-electron chi connectivity index (χ3n) is 3.78. The Kier molecular flexibility index (Phi) is 8.90. The van der Waals surface area contributed by atoms with Gasteiger partial charge in [0, 0.05) is 6.04 Å². The fourth-order valence-electron chi connectivity index (χ4n) is 2.37. The van der Waals surface area contributed by atoms with Gasteiger partial charge in [-0.05, 0) is 45.5 Å². The highest BCUT2D eigenvalue weighted by molar-refractivity contribution is 5.85. The van der Waals surface area contributed by atoms with Gasteiger partial charge in [-0.2, -0.15) is 0 Å². The number of hydrogen-bond acceptors (Lipinski definition) is 3. The molecule has 2 rings (SSSR count). The smallest absolute Gasteiger partial charge is 0.241 e. The summed E-state index contributed by atoms with van der Waals surface area (Å²) in [5.74, 6) is -0.0709. The zero-order valence-electron chi connectivity index (χ0n) is 12.5. The van der Waals surface area contributed by atoms with Crippen molar-refractivity contribution in [3.05, 3.63) is 35.4 Å². The largest absolute Gasteiger partial charge is 0.352 e. The molecule has 0 aromatic heterocycles. The van der Waals surface area contributed by atoms with Crippen molar-refractivity contribution in [2.24, 2.45) is 5.73 Å². The molecule has 0 aliphatic carbocycles. The molecule has 3 N–H and O–H groups in total. The number of nitrogens with two attached hydrogens (primary N) is 1. The lowest BCUT2D eigenvalue weighted by molar-refractivity contribution is -0.123. The van der Waals surface area contributed by atoms with Gasteiger partial charge in [-0.1, -0.05) is 29.8 Å². The first kappa shape index (κ1) is 20.2.